The van der Waals surface area contributed by atoms with Crippen LogP contribution in [0, 0.1) is 20.8 Å². The number of carbonyl (C=O) groups is 2. The third kappa shape index (κ3) is 7.07. The van der Waals surface area contributed by atoms with Gasteiger partial charge in [-0.25, -0.2) is 8.42 Å². The van der Waals surface area contributed by atoms with Gasteiger partial charge in [-0.05, 0) is 63.3 Å². The van der Waals surface area contributed by atoms with Gasteiger partial charge in [0.1, 0.15) is 12.6 Å². The molecular formula is C27H37N3O4S. The van der Waals surface area contributed by atoms with Crippen LogP contribution in [0.1, 0.15) is 54.9 Å². The summed E-state index contributed by atoms with van der Waals surface area (Å²) in [6.07, 6.45) is 5.16. The molecule has 35 heavy (non-hydrogen) atoms. The van der Waals surface area contributed by atoms with Crippen molar-refractivity contribution in [1.82, 2.24) is 10.2 Å². The molecule has 0 bridgehead atoms. The van der Waals surface area contributed by atoms with E-state index >= 15 is 0 Å². The van der Waals surface area contributed by atoms with E-state index in [4.69, 9.17) is 0 Å². The van der Waals surface area contributed by atoms with Crippen LogP contribution in [0.15, 0.2) is 42.5 Å². The maximum atomic E-state index is 13.7. The molecule has 2 amide bonds. The van der Waals surface area contributed by atoms with Crippen LogP contribution in [0.4, 0.5) is 5.69 Å². The number of hydrogen-bond donors (Lipinski definition) is 1. The first-order chi connectivity index (χ1) is 16.5. The van der Waals surface area contributed by atoms with Crippen molar-refractivity contribution in [1.29, 1.82) is 0 Å². The van der Waals surface area contributed by atoms with E-state index in [0.717, 1.165) is 58.5 Å². The van der Waals surface area contributed by atoms with E-state index in [2.05, 4.69) is 5.32 Å². The largest absolute Gasteiger partial charge is 0.352 e. The van der Waals surface area contributed by atoms with Crippen LogP contribution in [0.5, 0.6) is 0 Å². The summed E-state index contributed by atoms with van der Waals surface area (Å²) in [5.41, 5.74) is 4.09. The van der Waals surface area contributed by atoms with Gasteiger partial charge in [0.2, 0.25) is 21.8 Å². The van der Waals surface area contributed by atoms with Gasteiger partial charge in [0.15, 0.2) is 0 Å². The summed E-state index contributed by atoms with van der Waals surface area (Å²) < 4.78 is 26.7. The van der Waals surface area contributed by atoms with Gasteiger partial charge < -0.3 is 10.2 Å². The maximum absolute atomic E-state index is 13.7. The molecule has 1 fully saturated rings. The van der Waals surface area contributed by atoms with Gasteiger partial charge in [-0.15, -0.1) is 0 Å². The first-order valence-corrected chi connectivity index (χ1v) is 14.0. The molecule has 2 aromatic carbocycles. The molecule has 7 nitrogen and oxygen atoms in total. The van der Waals surface area contributed by atoms with Gasteiger partial charge in [-0.3, -0.25) is 13.9 Å². The third-order valence-corrected chi connectivity index (χ3v) is 7.78. The zero-order chi connectivity index (χ0) is 25.8. The third-order valence-electron chi connectivity index (χ3n) is 6.65. The topological polar surface area (TPSA) is 86.8 Å². The van der Waals surface area contributed by atoms with Crippen molar-refractivity contribution in [3.8, 4) is 0 Å². The Balaban J connectivity index is 1.90. The van der Waals surface area contributed by atoms with Gasteiger partial charge in [0.05, 0.1) is 11.9 Å². The number of nitrogens with zero attached hydrogens (tertiary/aromatic N) is 2. The highest BCUT2D eigenvalue weighted by atomic mass is 32.2. The molecule has 0 aliphatic heterocycles. The van der Waals surface area contributed by atoms with E-state index in [1.165, 1.54) is 4.90 Å². The number of rotatable bonds is 9. The number of nitrogens with one attached hydrogen (secondary N) is 1. The summed E-state index contributed by atoms with van der Waals surface area (Å²) in [7, 11) is -3.74. The van der Waals surface area contributed by atoms with Gasteiger partial charge in [0.25, 0.3) is 0 Å². The first kappa shape index (κ1) is 26.7. The highest BCUT2D eigenvalue weighted by Crippen LogP contribution is 2.25. The summed E-state index contributed by atoms with van der Waals surface area (Å²) in [6, 6.07) is 12.7. The van der Waals surface area contributed by atoms with E-state index < -0.39 is 22.0 Å². The minimum Gasteiger partial charge on any atom is -0.352 e. The predicted octanol–water partition coefficient (Wildman–Crippen LogP) is 3.85. The zero-order valence-electron chi connectivity index (χ0n) is 21.4. The number of benzene rings is 2. The highest BCUT2D eigenvalue weighted by Gasteiger charge is 2.31. The van der Waals surface area contributed by atoms with Crippen molar-refractivity contribution in [3.63, 3.8) is 0 Å². The molecule has 190 valence electrons. The average molecular weight is 500 g/mol. The van der Waals surface area contributed by atoms with E-state index in [0.29, 0.717) is 5.69 Å². The normalized spacial score (nSPS) is 15.0. The van der Waals surface area contributed by atoms with E-state index in [1.54, 1.807) is 13.0 Å². The fraction of sp³-hybridized carbons (Fsp3) is 0.481. The van der Waals surface area contributed by atoms with E-state index in [9.17, 15) is 18.0 Å². The fourth-order valence-corrected chi connectivity index (χ4v) is 5.35. The fourth-order valence-electron chi connectivity index (χ4n) is 4.45. The number of carbonyl (C=O) groups excluding carboxylic acids is 2. The Hall–Kier alpha value is -2.87. The lowest BCUT2D eigenvalue weighted by atomic mass is 10.1. The first-order valence-electron chi connectivity index (χ1n) is 12.2. The lowest BCUT2D eigenvalue weighted by Gasteiger charge is -2.32. The molecule has 0 saturated heterocycles. The molecule has 3 rings (SSSR count). The Morgan fingerprint density at radius 1 is 1.00 bits per heavy atom. The van der Waals surface area contributed by atoms with Crippen LogP contribution in [-0.2, 0) is 26.2 Å². The molecule has 0 radical (unpaired) electrons. The Labute approximate surface area is 209 Å². The summed E-state index contributed by atoms with van der Waals surface area (Å²) in [5.74, 6) is -0.638. The molecule has 0 aromatic heterocycles. The zero-order valence-corrected chi connectivity index (χ0v) is 22.2. The quantitative estimate of drug-likeness (QED) is 0.568. The molecule has 8 heteroatoms. The average Bonchev–Trinajstić information content (AvgIpc) is 3.30. The monoisotopic (exact) mass is 499 g/mol. The standard InChI is InChI=1S/C27H37N3O4S/c1-19-11-14-23(15-12-19)17-29(22(4)27(32)28-24-8-6-7-9-24)26(31)18-30(35(5,33)34)25-16-20(2)10-13-21(25)3/h10-16,22,24H,6-9,17-18H2,1-5H3,(H,28,32). The molecular weight excluding hydrogens is 462 g/mol. The predicted molar refractivity (Wildman–Crippen MR) is 140 cm³/mol. The maximum Gasteiger partial charge on any atom is 0.244 e. The van der Waals surface area contributed by atoms with Crippen LogP contribution in [0.3, 0.4) is 0 Å². The molecule has 1 unspecified atom stereocenters. The Morgan fingerprint density at radius 2 is 1.60 bits per heavy atom. The van der Waals surface area contributed by atoms with Crippen LogP contribution in [0.25, 0.3) is 0 Å². The Kier molecular flexibility index (Phi) is 8.59. The molecule has 1 atom stereocenters. The summed E-state index contributed by atoms with van der Waals surface area (Å²) in [5, 5.41) is 3.08. The Bertz CT molecular complexity index is 1160. The second-order valence-corrected chi connectivity index (χ2v) is 11.6. The number of aryl methyl sites for hydroxylation is 3. The summed E-state index contributed by atoms with van der Waals surface area (Å²) >= 11 is 0. The number of amides is 2. The van der Waals surface area contributed by atoms with Crippen LogP contribution < -0.4 is 9.62 Å². The van der Waals surface area contributed by atoms with Crippen molar-refractivity contribution >= 4 is 27.5 Å². The van der Waals surface area contributed by atoms with Crippen LogP contribution >= 0.6 is 0 Å². The van der Waals surface area contributed by atoms with Crippen molar-refractivity contribution < 1.29 is 18.0 Å². The molecule has 1 N–H and O–H groups in total. The van der Waals surface area contributed by atoms with Crippen molar-refractivity contribution in [2.45, 2.75) is 72.0 Å². The molecule has 0 spiro atoms. The second kappa shape index (κ2) is 11.2. The number of sulfonamides is 1. The van der Waals surface area contributed by atoms with Gasteiger partial charge in [-0.1, -0.05) is 54.8 Å². The minimum absolute atomic E-state index is 0.128. The molecule has 1 aliphatic rings. The van der Waals surface area contributed by atoms with Gasteiger partial charge in [-0.2, -0.15) is 0 Å². The highest BCUT2D eigenvalue weighted by molar-refractivity contribution is 7.92. The number of anilines is 1. The summed E-state index contributed by atoms with van der Waals surface area (Å²) in [6.45, 7) is 7.22. The molecule has 1 aliphatic carbocycles. The number of hydrogen-bond acceptors (Lipinski definition) is 4. The van der Waals surface area contributed by atoms with Crippen molar-refractivity contribution in [2.24, 2.45) is 0 Å². The van der Waals surface area contributed by atoms with Crippen LogP contribution in [0.2, 0.25) is 0 Å². The SMILES string of the molecule is Cc1ccc(CN(C(=O)CN(c2cc(C)ccc2C)S(C)(=O)=O)C(C)C(=O)NC2CCCC2)cc1. The van der Waals surface area contributed by atoms with Crippen LogP contribution in [-0.4, -0.2) is 50.0 Å². The Morgan fingerprint density at radius 3 is 2.20 bits per heavy atom. The summed E-state index contributed by atoms with van der Waals surface area (Å²) in [4.78, 5) is 28.3. The molecule has 2 aromatic rings. The molecule has 1 saturated carbocycles. The van der Waals surface area contributed by atoms with Crippen molar-refractivity contribution in [2.75, 3.05) is 17.1 Å². The second-order valence-electron chi connectivity index (χ2n) is 9.73. The lowest BCUT2D eigenvalue weighted by Crippen LogP contribution is -2.52. The van der Waals surface area contributed by atoms with Gasteiger partial charge in [0, 0.05) is 12.6 Å². The smallest absolute Gasteiger partial charge is 0.244 e. The molecule has 0 heterocycles. The van der Waals surface area contributed by atoms with Gasteiger partial charge >= 0.3 is 0 Å². The van der Waals surface area contributed by atoms with E-state index in [-0.39, 0.29) is 25.0 Å². The lowest BCUT2D eigenvalue weighted by molar-refractivity contribution is -0.139. The van der Waals surface area contributed by atoms with Crippen molar-refractivity contribution in [3.05, 3.63) is 64.7 Å². The van der Waals surface area contributed by atoms with E-state index in [1.807, 2.05) is 57.2 Å². The minimum atomic E-state index is -3.74.